The summed E-state index contributed by atoms with van der Waals surface area (Å²) in [7, 11) is 3.75. The normalized spacial score (nSPS) is 25.1. The molecule has 2 aliphatic rings. The Labute approximate surface area is 102 Å². The van der Waals surface area contributed by atoms with Crippen molar-refractivity contribution in [3.63, 3.8) is 0 Å². The number of rotatable bonds is 0. The molecule has 0 spiro atoms. The van der Waals surface area contributed by atoms with Crippen LogP contribution in [0.4, 0.5) is 0 Å². The minimum Gasteiger partial charge on any atom is -0.323 e. The van der Waals surface area contributed by atoms with E-state index in [4.69, 9.17) is 11.6 Å². The van der Waals surface area contributed by atoms with Crippen LogP contribution in [0.15, 0.2) is 15.6 Å². The Hall–Kier alpha value is 0.01000. The van der Waals surface area contributed by atoms with Crippen LogP contribution in [0.2, 0.25) is 0 Å². The van der Waals surface area contributed by atoms with Gasteiger partial charge in [0.15, 0.2) is 0 Å². The first-order chi connectivity index (χ1) is 7.17. The number of allylic oxidation sites excluding steroid dienone is 2. The first kappa shape index (κ1) is 13.1. The van der Waals surface area contributed by atoms with Gasteiger partial charge in [-0.15, -0.1) is 11.8 Å². The Morgan fingerprint density at radius 1 is 1.47 bits per heavy atom. The van der Waals surface area contributed by atoms with Gasteiger partial charge in [0.05, 0.1) is 11.4 Å². The molecule has 86 valence electrons. The molecule has 2 rings (SSSR count). The van der Waals surface area contributed by atoms with Gasteiger partial charge in [-0.05, 0) is 39.3 Å². The van der Waals surface area contributed by atoms with Gasteiger partial charge in [0.25, 0.3) is 0 Å². The van der Waals surface area contributed by atoms with E-state index >= 15 is 0 Å². The first-order valence-electron chi connectivity index (χ1n) is 5.33. The third kappa shape index (κ3) is 4.17. The van der Waals surface area contributed by atoms with Crippen LogP contribution in [0.1, 0.15) is 26.2 Å². The highest BCUT2D eigenvalue weighted by Gasteiger charge is 2.21. The number of aliphatic imine (C=N–C) groups is 1. The third-order valence-electron chi connectivity index (χ3n) is 2.35. The molecule has 0 aromatic carbocycles. The van der Waals surface area contributed by atoms with Crippen molar-refractivity contribution >= 4 is 28.5 Å². The van der Waals surface area contributed by atoms with Gasteiger partial charge in [0, 0.05) is 4.91 Å². The lowest BCUT2D eigenvalue weighted by Gasteiger charge is -2.24. The van der Waals surface area contributed by atoms with Gasteiger partial charge in [0.2, 0.25) is 0 Å². The van der Waals surface area contributed by atoms with Crippen LogP contribution in [0, 0.1) is 5.92 Å². The Morgan fingerprint density at radius 2 is 2.13 bits per heavy atom. The van der Waals surface area contributed by atoms with Gasteiger partial charge in [-0.3, -0.25) is 0 Å². The number of halogens is 1. The Balaban J connectivity index is 0.000000337. The van der Waals surface area contributed by atoms with Gasteiger partial charge in [-0.1, -0.05) is 18.5 Å². The summed E-state index contributed by atoms with van der Waals surface area (Å²) >= 11 is 7.74. The van der Waals surface area contributed by atoms with Crippen molar-refractivity contribution in [2.75, 3.05) is 19.8 Å². The minimum absolute atomic E-state index is 0.772. The van der Waals surface area contributed by atoms with E-state index in [0.717, 1.165) is 23.3 Å². The topological polar surface area (TPSA) is 24.4 Å². The maximum absolute atomic E-state index is 5.87. The molecule has 1 N–H and O–H groups in total. The molecule has 1 atom stereocenters. The Morgan fingerprint density at radius 3 is 2.80 bits per heavy atom. The lowest BCUT2D eigenvalue weighted by molar-refractivity contribution is 0.507. The van der Waals surface area contributed by atoms with Crippen molar-refractivity contribution in [3.8, 4) is 0 Å². The molecule has 1 unspecified atom stereocenters. The van der Waals surface area contributed by atoms with E-state index in [1.807, 2.05) is 25.9 Å². The molecule has 0 saturated heterocycles. The fourth-order valence-corrected chi connectivity index (χ4v) is 2.99. The molecule has 0 amide bonds. The summed E-state index contributed by atoms with van der Waals surface area (Å²) in [6, 6.07) is 0. The smallest absolute Gasteiger partial charge is 0.116 e. The molecule has 1 aliphatic carbocycles. The molecule has 0 fully saturated rings. The maximum Gasteiger partial charge on any atom is 0.116 e. The van der Waals surface area contributed by atoms with E-state index in [2.05, 4.69) is 17.2 Å². The van der Waals surface area contributed by atoms with Crippen molar-refractivity contribution in [3.05, 3.63) is 10.6 Å². The predicted molar refractivity (Wildman–Crippen MR) is 70.8 cm³/mol. The molecule has 1 heterocycles. The SMILES string of the molecule is CC1CCC2=C(C1)SCC(Cl)=N2.CNC. The standard InChI is InChI=1S/C9H12ClNS.C2H7N/c1-6-2-3-7-8(4-6)12-5-9(10)11-7;1-3-2/h6H,2-5H2,1H3;3H,1-2H3. The highest BCUT2D eigenvalue weighted by atomic mass is 35.5. The average Bonchev–Trinajstić information content (AvgIpc) is 2.20. The number of hydrogen-bond acceptors (Lipinski definition) is 3. The van der Waals surface area contributed by atoms with E-state index in [1.165, 1.54) is 23.4 Å². The number of thioether (sulfide) groups is 1. The molecule has 1 aliphatic heterocycles. The van der Waals surface area contributed by atoms with E-state index < -0.39 is 0 Å². The quantitative estimate of drug-likeness (QED) is 0.710. The zero-order chi connectivity index (χ0) is 11.3. The summed E-state index contributed by atoms with van der Waals surface area (Å²) in [5, 5.41) is 3.52. The van der Waals surface area contributed by atoms with Gasteiger partial charge in [-0.25, -0.2) is 4.99 Å². The van der Waals surface area contributed by atoms with Crippen molar-refractivity contribution in [1.29, 1.82) is 0 Å². The first-order valence-corrected chi connectivity index (χ1v) is 6.70. The number of nitrogens with zero attached hydrogens (tertiary/aromatic N) is 1. The third-order valence-corrected chi connectivity index (χ3v) is 3.90. The van der Waals surface area contributed by atoms with Crippen LogP contribution in [0.3, 0.4) is 0 Å². The Kier molecular flexibility index (Phi) is 5.72. The van der Waals surface area contributed by atoms with Gasteiger partial charge < -0.3 is 5.32 Å². The molecule has 4 heteroatoms. The van der Waals surface area contributed by atoms with Crippen molar-refractivity contribution < 1.29 is 0 Å². The van der Waals surface area contributed by atoms with Crippen LogP contribution >= 0.6 is 23.4 Å². The predicted octanol–water partition coefficient (Wildman–Crippen LogP) is 3.24. The molecule has 2 nitrogen and oxygen atoms in total. The van der Waals surface area contributed by atoms with Crippen LogP contribution in [0.5, 0.6) is 0 Å². The van der Waals surface area contributed by atoms with Gasteiger partial charge >= 0.3 is 0 Å². The summed E-state index contributed by atoms with van der Waals surface area (Å²) in [4.78, 5) is 5.86. The van der Waals surface area contributed by atoms with Crippen LogP contribution in [-0.2, 0) is 0 Å². The van der Waals surface area contributed by atoms with Crippen LogP contribution in [0.25, 0.3) is 0 Å². The summed E-state index contributed by atoms with van der Waals surface area (Å²) in [6.07, 6.45) is 3.61. The van der Waals surface area contributed by atoms with Crippen molar-refractivity contribution in [2.45, 2.75) is 26.2 Å². The molecule has 0 aromatic heterocycles. The molecule has 0 radical (unpaired) electrons. The van der Waals surface area contributed by atoms with E-state index in [-0.39, 0.29) is 0 Å². The summed E-state index contributed by atoms with van der Waals surface area (Å²) < 4.78 is 0. The van der Waals surface area contributed by atoms with E-state index in [9.17, 15) is 0 Å². The highest BCUT2D eigenvalue weighted by Crippen LogP contribution is 2.39. The lowest BCUT2D eigenvalue weighted by Crippen LogP contribution is -2.10. The lowest BCUT2D eigenvalue weighted by atomic mass is 9.94. The van der Waals surface area contributed by atoms with Crippen molar-refractivity contribution in [2.24, 2.45) is 10.9 Å². The van der Waals surface area contributed by atoms with Crippen LogP contribution in [-0.4, -0.2) is 25.0 Å². The second-order valence-corrected chi connectivity index (χ2v) is 5.50. The zero-order valence-corrected chi connectivity index (χ0v) is 11.2. The maximum atomic E-state index is 5.87. The molecule has 0 aromatic rings. The summed E-state index contributed by atoms with van der Waals surface area (Å²) in [5.41, 5.74) is 1.26. The monoisotopic (exact) mass is 246 g/mol. The fraction of sp³-hybridized carbons (Fsp3) is 0.727. The summed E-state index contributed by atoms with van der Waals surface area (Å²) in [6.45, 7) is 2.31. The highest BCUT2D eigenvalue weighted by molar-refractivity contribution is 8.03. The second kappa shape index (κ2) is 6.56. The molecular formula is C11H19ClN2S. The van der Waals surface area contributed by atoms with E-state index in [0.29, 0.717) is 0 Å². The molecule has 15 heavy (non-hydrogen) atoms. The molecule has 0 bridgehead atoms. The van der Waals surface area contributed by atoms with Crippen molar-refractivity contribution in [1.82, 2.24) is 5.32 Å². The second-order valence-electron chi connectivity index (χ2n) is 3.99. The number of hydrogen-bond donors (Lipinski definition) is 1. The fourth-order valence-electron chi connectivity index (χ4n) is 1.64. The number of nitrogens with one attached hydrogen (secondary N) is 1. The zero-order valence-electron chi connectivity index (χ0n) is 9.64. The Bertz CT molecular complexity index is 274. The molecule has 0 saturated carbocycles. The molecular weight excluding hydrogens is 228 g/mol. The average molecular weight is 247 g/mol. The van der Waals surface area contributed by atoms with E-state index in [1.54, 1.807) is 0 Å². The minimum atomic E-state index is 0.772. The van der Waals surface area contributed by atoms with Gasteiger partial charge in [0.1, 0.15) is 5.17 Å². The summed E-state index contributed by atoms with van der Waals surface area (Å²) in [5.74, 6) is 1.72. The van der Waals surface area contributed by atoms with Crippen LogP contribution < -0.4 is 5.32 Å². The largest absolute Gasteiger partial charge is 0.323 e. The van der Waals surface area contributed by atoms with Gasteiger partial charge in [-0.2, -0.15) is 0 Å².